The monoisotopic (exact) mass is 124 g/mol. The molecule has 0 N–H and O–H groups in total. The first kappa shape index (κ1) is 11.1. The van der Waals surface area contributed by atoms with E-state index in [2.05, 4.69) is 11.3 Å². The fraction of sp³-hybridized carbons (Fsp3) is 0.400. The van der Waals surface area contributed by atoms with Crippen molar-refractivity contribution in [3.05, 3.63) is 12.7 Å². The van der Waals surface area contributed by atoms with Crippen LogP contribution >= 0.6 is 0 Å². The Morgan fingerprint density at radius 3 is 2.62 bits per heavy atom. The van der Waals surface area contributed by atoms with Gasteiger partial charge in [-0.3, -0.25) is 4.79 Å². The van der Waals surface area contributed by atoms with E-state index in [9.17, 15) is 4.79 Å². The minimum absolute atomic E-state index is 0. The van der Waals surface area contributed by atoms with E-state index in [4.69, 9.17) is 0 Å². The zero-order chi connectivity index (χ0) is 5.70. The molecule has 2 nitrogen and oxygen atoms in total. The second-order valence-electron chi connectivity index (χ2n) is 1.07. The van der Waals surface area contributed by atoms with Gasteiger partial charge in [0, 0.05) is 0 Å². The molecule has 0 saturated carbocycles. The van der Waals surface area contributed by atoms with E-state index in [0.717, 1.165) is 0 Å². The van der Waals surface area contributed by atoms with E-state index in [1.54, 1.807) is 0 Å². The molecule has 42 valence electrons. The first-order valence-corrected chi connectivity index (χ1v) is 1.99. The summed E-state index contributed by atoms with van der Waals surface area (Å²) in [6.45, 7) is 3.35. The second kappa shape index (κ2) is 7.21. The molecule has 3 heteroatoms. The van der Waals surface area contributed by atoms with Gasteiger partial charge in [-0.1, -0.05) is 6.08 Å². The zero-order valence-corrected chi connectivity index (χ0v) is 7.31. The molecule has 0 radical (unpaired) electrons. The van der Waals surface area contributed by atoms with Crippen molar-refractivity contribution >= 4 is 5.97 Å². The molecule has 0 aliphatic heterocycles. The van der Waals surface area contributed by atoms with Crippen LogP contribution in [-0.4, -0.2) is 13.1 Å². The minimum Gasteiger partial charge on any atom is -1.00 e. The molecule has 0 rings (SSSR count). The van der Waals surface area contributed by atoms with Gasteiger partial charge in [-0.25, -0.2) is 0 Å². The molecule has 0 aliphatic carbocycles. The molecule has 0 aliphatic rings. The first-order chi connectivity index (χ1) is 3.31. The first-order valence-electron chi connectivity index (χ1n) is 1.99. The summed E-state index contributed by atoms with van der Waals surface area (Å²) in [7, 11) is 1.35. The molecule has 0 amide bonds. The van der Waals surface area contributed by atoms with Gasteiger partial charge in [0.1, 0.15) is 0 Å². The number of hydrogen-bond acceptors (Lipinski definition) is 2. The molecule has 0 spiro atoms. The fourth-order valence-corrected chi connectivity index (χ4v) is 0.201. The van der Waals surface area contributed by atoms with E-state index in [1.165, 1.54) is 13.2 Å². The Hall–Kier alpha value is 0.210. The molecule has 0 unspecified atom stereocenters. The summed E-state index contributed by atoms with van der Waals surface area (Å²) in [5.41, 5.74) is 0. The van der Waals surface area contributed by atoms with Crippen LogP contribution in [0.25, 0.3) is 0 Å². The summed E-state index contributed by atoms with van der Waals surface area (Å²) in [4.78, 5) is 10.1. The van der Waals surface area contributed by atoms with Crippen molar-refractivity contribution in [2.24, 2.45) is 0 Å². The third-order valence-electron chi connectivity index (χ3n) is 0.539. The van der Waals surface area contributed by atoms with Gasteiger partial charge in [0.25, 0.3) is 0 Å². The summed E-state index contributed by atoms with van der Waals surface area (Å²) >= 11 is 0. The van der Waals surface area contributed by atoms with Crippen LogP contribution < -0.4 is 29.6 Å². The van der Waals surface area contributed by atoms with E-state index in [0.29, 0.717) is 6.42 Å². The van der Waals surface area contributed by atoms with Crippen molar-refractivity contribution in [1.29, 1.82) is 0 Å². The molecule has 0 aromatic rings. The maximum atomic E-state index is 10.1. The molecule has 0 aromatic carbocycles. The van der Waals surface area contributed by atoms with Crippen molar-refractivity contribution in [1.82, 2.24) is 0 Å². The number of rotatable bonds is 2. The van der Waals surface area contributed by atoms with Crippen molar-refractivity contribution in [2.75, 3.05) is 7.11 Å². The van der Waals surface area contributed by atoms with Crippen molar-refractivity contribution in [3.63, 3.8) is 0 Å². The van der Waals surface area contributed by atoms with Crippen LogP contribution in [0.15, 0.2) is 12.7 Å². The predicted octanol–water partition coefficient (Wildman–Crippen LogP) is -2.15. The van der Waals surface area contributed by atoms with Crippen molar-refractivity contribution in [2.45, 2.75) is 6.42 Å². The number of carbonyl (C=O) groups excluding carboxylic acids is 1. The standard InChI is InChI=1S/C5H8O2.Na.H/c1-3-4-5(6)7-2;;/h3H,1,4H2,2H3;;/q;+1;-1. The quantitative estimate of drug-likeness (QED) is 0.238. The SMILES string of the molecule is C=CCC(=O)OC.[H-].[Na+]. The molecule has 8 heavy (non-hydrogen) atoms. The fourth-order valence-electron chi connectivity index (χ4n) is 0.201. The van der Waals surface area contributed by atoms with Gasteiger partial charge in [-0.2, -0.15) is 0 Å². The molecule has 0 heterocycles. The van der Waals surface area contributed by atoms with Crippen LogP contribution in [0.3, 0.4) is 0 Å². The van der Waals surface area contributed by atoms with Crippen LogP contribution in [0.5, 0.6) is 0 Å². The Balaban J connectivity index is -0.000000180. The summed E-state index contributed by atoms with van der Waals surface area (Å²) in [5, 5.41) is 0. The van der Waals surface area contributed by atoms with Gasteiger partial charge in [-0.05, 0) is 0 Å². The number of methoxy groups -OCH3 is 1. The topological polar surface area (TPSA) is 26.3 Å². The van der Waals surface area contributed by atoms with Crippen LogP contribution in [0.2, 0.25) is 0 Å². The summed E-state index contributed by atoms with van der Waals surface area (Å²) in [6.07, 6.45) is 1.81. The van der Waals surface area contributed by atoms with E-state index >= 15 is 0 Å². The van der Waals surface area contributed by atoms with Crippen LogP contribution in [0.4, 0.5) is 0 Å². The van der Waals surface area contributed by atoms with Crippen LogP contribution in [-0.2, 0) is 9.53 Å². The maximum absolute atomic E-state index is 10.1. The van der Waals surface area contributed by atoms with E-state index < -0.39 is 0 Å². The average molecular weight is 124 g/mol. The average Bonchev–Trinajstić information content (AvgIpc) is 1.68. The van der Waals surface area contributed by atoms with E-state index in [1.807, 2.05) is 0 Å². The minimum atomic E-state index is -0.241. The molecule has 0 fully saturated rings. The van der Waals surface area contributed by atoms with Crippen molar-refractivity contribution in [3.8, 4) is 0 Å². The van der Waals surface area contributed by atoms with Gasteiger partial charge >= 0.3 is 35.5 Å². The molecule has 0 atom stereocenters. The zero-order valence-electron chi connectivity index (χ0n) is 6.31. The van der Waals surface area contributed by atoms with E-state index in [-0.39, 0.29) is 37.0 Å². The third-order valence-corrected chi connectivity index (χ3v) is 0.539. The summed E-state index contributed by atoms with van der Waals surface area (Å²) in [5.74, 6) is -0.241. The Morgan fingerprint density at radius 2 is 2.50 bits per heavy atom. The Bertz CT molecular complexity index is 85.0. The number of ether oxygens (including phenoxy) is 1. The smallest absolute Gasteiger partial charge is 1.00 e. The van der Waals surface area contributed by atoms with Gasteiger partial charge in [0.15, 0.2) is 0 Å². The molecule has 0 aromatic heterocycles. The summed E-state index contributed by atoms with van der Waals surface area (Å²) < 4.78 is 4.28. The van der Waals surface area contributed by atoms with Crippen LogP contribution in [0, 0.1) is 0 Å². The molecular formula is C5H9NaO2. The second-order valence-corrected chi connectivity index (χ2v) is 1.07. The third kappa shape index (κ3) is 6.21. The summed E-state index contributed by atoms with van der Waals surface area (Å²) in [6, 6.07) is 0. The van der Waals surface area contributed by atoms with Gasteiger partial charge in [0.05, 0.1) is 13.5 Å². The van der Waals surface area contributed by atoms with Crippen LogP contribution in [0.1, 0.15) is 7.85 Å². The molecule has 0 saturated heterocycles. The maximum Gasteiger partial charge on any atom is 1.00 e. The largest absolute Gasteiger partial charge is 1.00 e. The normalized spacial score (nSPS) is 6.62. The van der Waals surface area contributed by atoms with Gasteiger partial charge in [0.2, 0.25) is 0 Å². The predicted molar refractivity (Wildman–Crippen MR) is 27.9 cm³/mol. The number of esters is 1. The number of carbonyl (C=O) groups is 1. The molecular weight excluding hydrogens is 115 g/mol. The Labute approximate surface area is 72.7 Å². The van der Waals surface area contributed by atoms with Crippen molar-refractivity contribution < 1.29 is 40.5 Å². The van der Waals surface area contributed by atoms with Gasteiger partial charge in [-0.15, -0.1) is 6.58 Å². The number of hydrogen-bond donors (Lipinski definition) is 0. The Kier molecular flexibility index (Phi) is 9.97. The molecule has 0 bridgehead atoms. The Morgan fingerprint density at radius 1 is 2.00 bits per heavy atom. The van der Waals surface area contributed by atoms with Gasteiger partial charge < -0.3 is 6.16 Å².